The summed E-state index contributed by atoms with van der Waals surface area (Å²) in [6, 6.07) is 2.90. The molecule has 0 bridgehead atoms. The Bertz CT molecular complexity index is 430. The van der Waals surface area contributed by atoms with E-state index in [0.717, 1.165) is 24.6 Å². The second-order valence-corrected chi connectivity index (χ2v) is 8.00. The molecule has 0 spiro atoms. The van der Waals surface area contributed by atoms with Gasteiger partial charge in [-0.25, -0.2) is 0 Å². The van der Waals surface area contributed by atoms with Gasteiger partial charge < -0.3 is 9.73 Å². The van der Waals surface area contributed by atoms with Crippen LogP contribution in [0.3, 0.4) is 0 Å². The highest BCUT2D eigenvalue weighted by Gasteiger charge is 2.21. The van der Waals surface area contributed by atoms with Gasteiger partial charge in [0.15, 0.2) is 0 Å². The summed E-state index contributed by atoms with van der Waals surface area (Å²) in [5, 5.41) is 3.49. The first-order chi connectivity index (χ1) is 9.35. The van der Waals surface area contributed by atoms with Crippen molar-refractivity contribution in [3.05, 3.63) is 23.2 Å². The predicted molar refractivity (Wildman–Crippen MR) is 87.2 cm³/mol. The molecule has 1 aliphatic rings. The Kier molecular flexibility index (Phi) is 5.21. The number of furan rings is 1. The molecule has 4 heteroatoms. The summed E-state index contributed by atoms with van der Waals surface area (Å²) in [4.78, 5) is 2.43. The van der Waals surface area contributed by atoms with Crippen molar-refractivity contribution in [2.75, 3.05) is 18.6 Å². The van der Waals surface area contributed by atoms with Crippen molar-refractivity contribution >= 4 is 11.8 Å². The molecule has 2 heterocycles. The average Bonchev–Trinajstić information content (AvgIpc) is 2.95. The lowest BCUT2D eigenvalue weighted by Gasteiger charge is -2.22. The van der Waals surface area contributed by atoms with Crippen LogP contribution in [0.15, 0.2) is 10.5 Å². The highest BCUT2D eigenvalue weighted by molar-refractivity contribution is 7.99. The molecule has 1 saturated heterocycles. The second-order valence-electron chi connectivity index (χ2n) is 6.85. The summed E-state index contributed by atoms with van der Waals surface area (Å²) in [7, 11) is 2.21. The lowest BCUT2D eigenvalue weighted by molar-refractivity contribution is 0.230. The Morgan fingerprint density at radius 3 is 2.80 bits per heavy atom. The average molecular weight is 296 g/mol. The fourth-order valence-electron chi connectivity index (χ4n) is 2.43. The minimum absolute atomic E-state index is 0.122. The molecule has 114 valence electrons. The molecule has 20 heavy (non-hydrogen) atoms. The second kappa shape index (κ2) is 6.54. The Balaban J connectivity index is 1.92. The van der Waals surface area contributed by atoms with Gasteiger partial charge in [0, 0.05) is 17.3 Å². The van der Waals surface area contributed by atoms with E-state index in [9.17, 15) is 0 Å². The maximum atomic E-state index is 6.03. The predicted octanol–water partition coefficient (Wildman–Crippen LogP) is 3.41. The number of hydrogen-bond acceptors (Lipinski definition) is 4. The van der Waals surface area contributed by atoms with Gasteiger partial charge in [0.05, 0.1) is 13.1 Å². The smallest absolute Gasteiger partial charge is 0.120 e. The Labute approximate surface area is 127 Å². The van der Waals surface area contributed by atoms with E-state index in [1.54, 1.807) is 0 Å². The maximum absolute atomic E-state index is 6.03. The summed E-state index contributed by atoms with van der Waals surface area (Å²) in [5.74, 6) is 4.72. The van der Waals surface area contributed by atoms with Gasteiger partial charge in [-0.1, -0.05) is 0 Å². The van der Waals surface area contributed by atoms with Crippen LogP contribution in [-0.4, -0.2) is 35.0 Å². The molecule has 1 unspecified atom stereocenters. The van der Waals surface area contributed by atoms with Crippen LogP contribution in [0.1, 0.15) is 44.3 Å². The Hall–Kier alpha value is -0.450. The summed E-state index contributed by atoms with van der Waals surface area (Å²) < 4.78 is 6.03. The summed E-state index contributed by atoms with van der Waals surface area (Å²) in [5.41, 5.74) is 1.38. The van der Waals surface area contributed by atoms with E-state index in [2.05, 4.69) is 62.8 Å². The van der Waals surface area contributed by atoms with Crippen molar-refractivity contribution in [1.29, 1.82) is 0 Å². The molecule has 1 atom stereocenters. The first-order valence-electron chi connectivity index (χ1n) is 7.46. The maximum Gasteiger partial charge on any atom is 0.120 e. The summed E-state index contributed by atoms with van der Waals surface area (Å²) in [6.45, 7) is 10.4. The van der Waals surface area contributed by atoms with E-state index in [1.807, 2.05) is 0 Å². The van der Waals surface area contributed by atoms with Gasteiger partial charge in [0.2, 0.25) is 0 Å². The van der Waals surface area contributed by atoms with Crippen LogP contribution in [0.5, 0.6) is 0 Å². The van der Waals surface area contributed by atoms with Crippen LogP contribution < -0.4 is 5.32 Å². The topological polar surface area (TPSA) is 28.4 Å². The highest BCUT2D eigenvalue weighted by atomic mass is 32.2. The van der Waals surface area contributed by atoms with Gasteiger partial charge in [0.1, 0.15) is 11.5 Å². The van der Waals surface area contributed by atoms with Gasteiger partial charge in [0.25, 0.3) is 0 Å². The van der Waals surface area contributed by atoms with Crippen molar-refractivity contribution in [2.45, 2.75) is 58.8 Å². The highest BCUT2D eigenvalue weighted by Crippen LogP contribution is 2.24. The minimum Gasteiger partial charge on any atom is -0.463 e. The monoisotopic (exact) mass is 296 g/mol. The third kappa shape index (κ3) is 4.54. The number of thioether (sulfide) groups is 1. The summed E-state index contributed by atoms with van der Waals surface area (Å²) >= 11 is 2.06. The molecule has 2 rings (SSSR count). The van der Waals surface area contributed by atoms with Crippen LogP contribution in [0.2, 0.25) is 0 Å². The van der Waals surface area contributed by atoms with E-state index in [4.69, 9.17) is 4.42 Å². The zero-order valence-electron chi connectivity index (χ0n) is 13.5. The molecular weight excluding hydrogens is 268 g/mol. The van der Waals surface area contributed by atoms with E-state index in [1.165, 1.54) is 23.5 Å². The molecule has 1 aromatic heterocycles. The molecule has 1 aromatic rings. The number of nitrogens with one attached hydrogen (secondary N) is 1. The van der Waals surface area contributed by atoms with Gasteiger partial charge in [-0.2, -0.15) is 11.8 Å². The Morgan fingerprint density at radius 2 is 2.20 bits per heavy atom. The van der Waals surface area contributed by atoms with E-state index >= 15 is 0 Å². The van der Waals surface area contributed by atoms with E-state index < -0.39 is 0 Å². The third-order valence-corrected chi connectivity index (χ3v) is 4.93. The fourth-order valence-corrected chi connectivity index (χ4v) is 3.73. The molecule has 0 aromatic carbocycles. The van der Waals surface area contributed by atoms with Gasteiger partial charge in [-0.15, -0.1) is 0 Å². The molecule has 3 nitrogen and oxygen atoms in total. The first kappa shape index (κ1) is 15.9. The zero-order chi connectivity index (χ0) is 14.8. The largest absolute Gasteiger partial charge is 0.463 e. The molecule has 1 aliphatic heterocycles. The molecule has 1 N–H and O–H groups in total. The minimum atomic E-state index is 0.122. The molecule has 0 radical (unpaired) electrons. The number of nitrogens with zero attached hydrogens (tertiary/aromatic N) is 1. The van der Waals surface area contributed by atoms with Crippen LogP contribution in [0, 0.1) is 6.92 Å². The molecular formula is C16H28N2OS. The van der Waals surface area contributed by atoms with Gasteiger partial charge in [-0.05, 0) is 58.5 Å². The number of aryl methyl sites for hydroxylation is 1. The lowest BCUT2D eigenvalue weighted by Crippen LogP contribution is -2.35. The summed E-state index contributed by atoms with van der Waals surface area (Å²) in [6.07, 6.45) is 1.30. The number of hydrogen-bond donors (Lipinski definition) is 1. The van der Waals surface area contributed by atoms with Crippen LogP contribution in [-0.2, 0) is 13.1 Å². The lowest BCUT2D eigenvalue weighted by atomic mass is 10.1. The van der Waals surface area contributed by atoms with Crippen molar-refractivity contribution in [3.63, 3.8) is 0 Å². The third-order valence-electron chi connectivity index (χ3n) is 3.79. The van der Waals surface area contributed by atoms with Crippen LogP contribution in [0.25, 0.3) is 0 Å². The first-order valence-corrected chi connectivity index (χ1v) is 8.62. The van der Waals surface area contributed by atoms with Crippen LogP contribution >= 0.6 is 11.8 Å². The normalized spacial score (nSPS) is 20.0. The van der Waals surface area contributed by atoms with E-state index in [0.29, 0.717) is 6.04 Å². The van der Waals surface area contributed by atoms with Gasteiger partial charge >= 0.3 is 0 Å². The van der Waals surface area contributed by atoms with Gasteiger partial charge in [-0.3, -0.25) is 4.90 Å². The van der Waals surface area contributed by atoms with Crippen molar-refractivity contribution < 1.29 is 4.42 Å². The molecule has 1 fully saturated rings. The Morgan fingerprint density at radius 1 is 1.45 bits per heavy atom. The fraction of sp³-hybridized carbons (Fsp3) is 0.750. The molecule has 0 amide bonds. The SMILES string of the molecule is Cc1cc(CN(C)C2CCSC2)oc1CNC(C)(C)C. The number of rotatable bonds is 5. The van der Waals surface area contributed by atoms with Crippen molar-refractivity contribution in [2.24, 2.45) is 0 Å². The van der Waals surface area contributed by atoms with Crippen molar-refractivity contribution in [3.8, 4) is 0 Å². The van der Waals surface area contributed by atoms with Crippen molar-refractivity contribution in [1.82, 2.24) is 10.2 Å². The zero-order valence-corrected chi connectivity index (χ0v) is 14.3. The standard InChI is InChI=1S/C16H28N2OS/c1-12-8-14(10-18(5)13-6-7-20-11-13)19-15(12)9-17-16(2,3)4/h8,13,17H,6-7,9-11H2,1-5H3. The quantitative estimate of drug-likeness (QED) is 0.901. The molecule has 0 saturated carbocycles. The van der Waals surface area contributed by atoms with E-state index in [-0.39, 0.29) is 5.54 Å². The van der Waals surface area contributed by atoms with Crippen LogP contribution in [0.4, 0.5) is 0 Å². The molecule has 0 aliphatic carbocycles.